The number of aromatic nitrogens is 2. The number of aromatic amines is 1. The lowest BCUT2D eigenvalue weighted by Gasteiger charge is -2.29. The number of ether oxygens (including phenoxy) is 2. The van der Waals surface area contributed by atoms with Gasteiger partial charge in [-0.25, -0.2) is 0 Å². The van der Waals surface area contributed by atoms with Crippen molar-refractivity contribution in [2.75, 3.05) is 46.5 Å². The van der Waals surface area contributed by atoms with E-state index in [0.29, 0.717) is 17.3 Å². The van der Waals surface area contributed by atoms with Gasteiger partial charge in [-0.3, -0.25) is 14.8 Å². The van der Waals surface area contributed by atoms with Crippen LogP contribution in [0, 0.1) is 0 Å². The summed E-state index contributed by atoms with van der Waals surface area (Å²) in [6.45, 7) is 5.02. The molecule has 1 fully saturated rings. The summed E-state index contributed by atoms with van der Waals surface area (Å²) in [5.41, 5.74) is 4.15. The quantitative estimate of drug-likeness (QED) is 0.569. The van der Waals surface area contributed by atoms with Crippen LogP contribution >= 0.6 is 11.6 Å². The summed E-state index contributed by atoms with van der Waals surface area (Å²) in [6, 6.07) is 15.2. The summed E-state index contributed by atoms with van der Waals surface area (Å²) in [6.07, 6.45) is 0.887. The Bertz CT molecular complexity index is 1120. The van der Waals surface area contributed by atoms with E-state index >= 15 is 0 Å². The van der Waals surface area contributed by atoms with Crippen molar-refractivity contribution < 1.29 is 14.3 Å². The zero-order chi connectivity index (χ0) is 22.8. The van der Waals surface area contributed by atoms with Gasteiger partial charge in [-0.05, 0) is 48.4 Å². The maximum Gasteiger partial charge on any atom is 0.273 e. The number of nitrogens with one attached hydrogen (secondary N) is 1. The highest BCUT2D eigenvalue weighted by atomic mass is 35.5. The lowest BCUT2D eigenvalue weighted by atomic mass is 9.96. The number of hydrogen-bond acceptors (Lipinski definition) is 5. The van der Waals surface area contributed by atoms with Gasteiger partial charge in [0.1, 0.15) is 11.4 Å². The fourth-order valence-electron chi connectivity index (χ4n) is 4.71. The molecule has 1 atom stereocenters. The van der Waals surface area contributed by atoms with Crippen molar-refractivity contribution in [2.45, 2.75) is 12.5 Å². The molecule has 1 aromatic heterocycles. The fraction of sp³-hybridized carbons (Fsp3) is 0.360. The first-order valence-electron chi connectivity index (χ1n) is 11.2. The average Bonchev–Trinajstić information content (AvgIpc) is 3.39. The Balaban J connectivity index is 1.47. The molecule has 7 nitrogen and oxygen atoms in total. The molecule has 3 heterocycles. The van der Waals surface area contributed by atoms with Crippen LogP contribution in [-0.4, -0.2) is 72.4 Å². The van der Waals surface area contributed by atoms with Crippen molar-refractivity contribution in [3.05, 3.63) is 70.4 Å². The molecule has 0 bridgehead atoms. The summed E-state index contributed by atoms with van der Waals surface area (Å²) >= 11 is 6.35. The molecule has 1 saturated heterocycles. The molecule has 3 aromatic rings. The second-order valence-electron chi connectivity index (χ2n) is 8.35. The molecule has 2 aliphatic rings. The number of fused-ring (bicyclic) bond motifs is 1. The van der Waals surface area contributed by atoms with E-state index in [1.54, 1.807) is 7.11 Å². The first-order valence-corrected chi connectivity index (χ1v) is 11.6. The molecule has 172 valence electrons. The number of carbonyl (C=O) groups excluding carboxylic acids is 1. The predicted molar refractivity (Wildman–Crippen MR) is 127 cm³/mol. The number of halogens is 1. The Hall–Kier alpha value is -2.87. The van der Waals surface area contributed by atoms with Gasteiger partial charge in [0.25, 0.3) is 5.91 Å². The lowest BCUT2D eigenvalue weighted by molar-refractivity contribution is 0.0354. The highest BCUT2D eigenvalue weighted by molar-refractivity contribution is 6.30. The molecule has 2 aliphatic heterocycles. The number of morpholine rings is 1. The van der Waals surface area contributed by atoms with E-state index in [1.165, 1.54) is 0 Å². The van der Waals surface area contributed by atoms with Crippen LogP contribution in [0.2, 0.25) is 5.02 Å². The van der Waals surface area contributed by atoms with Crippen LogP contribution in [0.4, 0.5) is 0 Å². The Kier molecular flexibility index (Phi) is 6.35. The minimum Gasteiger partial charge on any atom is -0.497 e. The number of H-pyrrole nitrogens is 1. The topological polar surface area (TPSA) is 70.7 Å². The van der Waals surface area contributed by atoms with E-state index in [0.717, 1.165) is 67.4 Å². The zero-order valence-corrected chi connectivity index (χ0v) is 19.3. The van der Waals surface area contributed by atoms with E-state index in [2.05, 4.69) is 15.1 Å². The number of methoxy groups -OCH3 is 1. The van der Waals surface area contributed by atoms with Gasteiger partial charge < -0.3 is 14.4 Å². The molecule has 8 heteroatoms. The normalized spacial score (nSPS) is 18.5. The van der Waals surface area contributed by atoms with Crippen LogP contribution in [-0.2, 0) is 4.74 Å². The molecular formula is C25H27ClN4O3. The molecule has 5 rings (SSSR count). The van der Waals surface area contributed by atoms with E-state index < -0.39 is 0 Å². The van der Waals surface area contributed by atoms with Gasteiger partial charge in [0, 0.05) is 42.3 Å². The Morgan fingerprint density at radius 1 is 1.15 bits per heavy atom. The van der Waals surface area contributed by atoms with Gasteiger partial charge >= 0.3 is 0 Å². The maximum atomic E-state index is 13.5. The van der Waals surface area contributed by atoms with Crippen molar-refractivity contribution in [3.8, 4) is 17.0 Å². The van der Waals surface area contributed by atoms with Gasteiger partial charge in [0.05, 0.1) is 32.1 Å². The smallest absolute Gasteiger partial charge is 0.273 e. The molecule has 33 heavy (non-hydrogen) atoms. The van der Waals surface area contributed by atoms with E-state index in [4.69, 9.17) is 21.1 Å². The molecule has 0 saturated carbocycles. The zero-order valence-electron chi connectivity index (χ0n) is 18.6. The SMILES string of the molecule is COc1ccc(-c2n[nH]c3c2C(c2cccc(Cl)c2)N(CCCN2CCOCC2)C3=O)cc1. The van der Waals surface area contributed by atoms with Crippen molar-refractivity contribution in [1.82, 2.24) is 20.0 Å². The fourth-order valence-corrected chi connectivity index (χ4v) is 4.91. The number of carbonyl (C=O) groups is 1. The number of hydrogen-bond donors (Lipinski definition) is 1. The third kappa shape index (κ3) is 4.36. The van der Waals surface area contributed by atoms with Gasteiger partial charge in [0.2, 0.25) is 0 Å². The molecule has 2 aromatic carbocycles. The van der Waals surface area contributed by atoms with E-state index in [-0.39, 0.29) is 11.9 Å². The monoisotopic (exact) mass is 466 g/mol. The largest absolute Gasteiger partial charge is 0.497 e. The number of amides is 1. The maximum absolute atomic E-state index is 13.5. The molecule has 1 N–H and O–H groups in total. The number of nitrogens with zero attached hydrogens (tertiary/aromatic N) is 3. The Morgan fingerprint density at radius 3 is 2.67 bits per heavy atom. The summed E-state index contributed by atoms with van der Waals surface area (Å²) in [4.78, 5) is 17.8. The minimum absolute atomic E-state index is 0.0239. The molecular weight excluding hydrogens is 440 g/mol. The highest BCUT2D eigenvalue weighted by Gasteiger charge is 2.42. The standard InChI is InChI=1S/C25H27ClN4O3/c1-32-20-8-6-17(7-9-20)22-21-23(28-27-22)25(31)30(11-3-10-29-12-14-33-15-13-29)24(21)18-4-2-5-19(26)16-18/h2,4-9,16,24H,3,10-15H2,1H3,(H,27,28). The van der Waals surface area contributed by atoms with Crippen LogP contribution < -0.4 is 4.74 Å². The predicted octanol–water partition coefficient (Wildman–Crippen LogP) is 4.01. The number of benzene rings is 2. The molecule has 1 unspecified atom stereocenters. The summed E-state index contributed by atoms with van der Waals surface area (Å²) in [5.74, 6) is 0.752. The Labute approximate surface area is 198 Å². The van der Waals surface area contributed by atoms with Crippen molar-refractivity contribution in [1.29, 1.82) is 0 Å². The van der Waals surface area contributed by atoms with E-state index in [9.17, 15) is 4.79 Å². The first kappa shape index (κ1) is 21.9. The van der Waals surface area contributed by atoms with Crippen molar-refractivity contribution in [3.63, 3.8) is 0 Å². The third-order valence-electron chi connectivity index (χ3n) is 6.37. The first-order chi connectivity index (χ1) is 16.2. The second-order valence-corrected chi connectivity index (χ2v) is 8.79. The van der Waals surface area contributed by atoms with Crippen LogP contribution in [0.15, 0.2) is 48.5 Å². The summed E-state index contributed by atoms with van der Waals surface area (Å²) in [5, 5.41) is 8.20. The minimum atomic E-state index is -0.244. The average molecular weight is 467 g/mol. The van der Waals surface area contributed by atoms with Crippen molar-refractivity contribution >= 4 is 17.5 Å². The van der Waals surface area contributed by atoms with Gasteiger partial charge in [-0.15, -0.1) is 0 Å². The molecule has 0 radical (unpaired) electrons. The van der Waals surface area contributed by atoms with Crippen molar-refractivity contribution in [2.24, 2.45) is 0 Å². The van der Waals surface area contributed by atoms with Gasteiger partial charge in [0.15, 0.2) is 0 Å². The second kappa shape index (κ2) is 9.55. The van der Waals surface area contributed by atoms with Crippen LogP contribution in [0.25, 0.3) is 11.3 Å². The summed E-state index contributed by atoms with van der Waals surface area (Å²) < 4.78 is 10.7. The lowest BCUT2D eigenvalue weighted by Crippen LogP contribution is -2.38. The summed E-state index contributed by atoms with van der Waals surface area (Å²) in [7, 11) is 1.64. The van der Waals surface area contributed by atoms with Crippen LogP contribution in [0.1, 0.15) is 34.1 Å². The van der Waals surface area contributed by atoms with Gasteiger partial charge in [-0.1, -0.05) is 23.7 Å². The molecule has 0 aliphatic carbocycles. The molecule has 1 amide bonds. The Morgan fingerprint density at radius 2 is 1.94 bits per heavy atom. The van der Waals surface area contributed by atoms with Crippen LogP contribution in [0.5, 0.6) is 5.75 Å². The highest BCUT2D eigenvalue weighted by Crippen LogP contribution is 2.43. The number of rotatable bonds is 7. The third-order valence-corrected chi connectivity index (χ3v) is 6.60. The van der Waals surface area contributed by atoms with Crippen LogP contribution in [0.3, 0.4) is 0 Å². The van der Waals surface area contributed by atoms with E-state index in [1.807, 2.05) is 53.4 Å². The van der Waals surface area contributed by atoms with Gasteiger partial charge in [-0.2, -0.15) is 5.10 Å². The molecule has 0 spiro atoms.